The van der Waals surface area contributed by atoms with E-state index in [1.54, 1.807) is 13.0 Å². The predicted octanol–water partition coefficient (Wildman–Crippen LogP) is 2.26. The van der Waals surface area contributed by atoms with E-state index >= 15 is 0 Å². The third-order valence-corrected chi connectivity index (χ3v) is 2.65. The van der Waals surface area contributed by atoms with E-state index in [0.29, 0.717) is 5.75 Å². The molecule has 0 aliphatic heterocycles. The largest absolute Gasteiger partial charge is 0.465 e. The van der Waals surface area contributed by atoms with Crippen molar-refractivity contribution >= 4 is 12.1 Å². The average molecular weight is 265 g/mol. The maximum atomic E-state index is 11.6. The van der Waals surface area contributed by atoms with Crippen molar-refractivity contribution in [2.24, 2.45) is 0 Å². The SMILES string of the molecule is CCOC(=O)CNC(=O)Oc1cc(C)cc(C)c1C. The number of carbonyl (C=O) groups is 2. The second kappa shape index (κ2) is 6.78. The summed E-state index contributed by atoms with van der Waals surface area (Å²) in [6.07, 6.45) is -0.666. The fraction of sp³-hybridized carbons (Fsp3) is 0.429. The summed E-state index contributed by atoms with van der Waals surface area (Å²) < 4.78 is 9.87. The van der Waals surface area contributed by atoms with Gasteiger partial charge in [0.15, 0.2) is 0 Å². The lowest BCUT2D eigenvalue weighted by Crippen LogP contribution is -2.33. The molecule has 1 amide bonds. The van der Waals surface area contributed by atoms with Gasteiger partial charge in [0, 0.05) is 0 Å². The van der Waals surface area contributed by atoms with Crippen LogP contribution in [-0.4, -0.2) is 25.2 Å². The Morgan fingerprint density at radius 3 is 2.53 bits per heavy atom. The van der Waals surface area contributed by atoms with Gasteiger partial charge in [0.25, 0.3) is 0 Å². The molecule has 104 valence electrons. The normalized spacial score (nSPS) is 9.89. The molecule has 0 heterocycles. The molecule has 19 heavy (non-hydrogen) atoms. The van der Waals surface area contributed by atoms with E-state index in [4.69, 9.17) is 9.47 Å². The number of esters is 1. The Morgan fingerprint density at radius 2 is 1.89 bits per heavy atom. The molecule has 0 aliphatic rings. The van der Waals surface area contributed by atoms with Crippen molar-refractivity contribution in [3.05, 3.63) is 28.8 Å². The second-order valence-corrected chi connectivity index (χ2v) is 4.25. The van der Waals surface area contributed by atoms with E-state index in [1.807, 2.05) is 26.8 Å². The topological polar surface area (TPSA) is 64.6 Å². The summed E-state index contributed by atoms with van der Waals surface area (Å²) in [6.45, 7) is 7.54. The highest BCUT2D eigenvalue weighted by atomic mass is 16.6. The molecule has 0 spiro atoms. The molecule has 0 unspecified atom stereocenters. The van der Waals surface area contributed by atoms with E-state index in [-0.39, 0.29) is 13.2 Å². The lowest BCUT2D eigenvalue weighted by molar-refractivity contribution is -0.141. The monoisotopic (exact) mass is 265 g/mol. The molecule has 1 aromatic rings. The Kier molecular flexibility index (Phi) is 5.36. The Hall–Kier alpha value is -2.04. The van der Waals surface area contributed by atoms with E-state index in [0.717, 1.165) is 16.7 Å². The van der Waals surface area contributed by atoms with Crippen LogP contribution in [0.25, 0.3) is 0 Å². The van der Waals surface area contributed by atoms with Crippen LogP contribution in [0.1, 0.15) is 23.6 Å². The summed E-state index contributed by atoms with van der Waals surface area (Å²) in [5.74, 6) is 0.00968. The highest BCUT2D eigenvalue weighted by Gasteiger charge is 2.11. The minimum absolute atomic E-state index is 0.198. The second-order valence-electron chi connectivity index (χ2n) is 4.25. The number of hydrogen-bond donors (Lipinski definition) is 1. The van der Waals surface area contributed by atoms with Crippen LogP contribution >= 0.6 is 0 Å². The Balaban J connectivity index is 2.60. The Bertz CT molecular complexity index is 483. The molecule has 0 radical (unpaired) electrons. The van der Waals surface area contributed by atoms with E-state index in [1.165, 1.54) is 0 Å². The van der Waals surface area contributed by atoms with Crippen LogP contribution in [0.5, 0.6) is 5.75 Å². The maximum Gasteiger partial charge on any atom is 0.413 e. The summed E-state index contributed by atoms with van der Waals surface area (Å²) in [6, 6.07) is 3.80. The molecule has 0 aliphatic carbocycles. The van der Waals surface area contributed by atoms with Crippen molar-refractivity contribution in [3.8, 4) is 5.75 Å². The van der Waals surface area contributed by atoms with Gasteiger partial charge < -0.3 is 14.8 Å². The van der Waals surface area contributed by atoms with Crippen molar-refractivity contribution in [2.75, 3.05) is 13.2 Å². The average Bonchev–Trinajstić information content (AvgIpc) is 2.33. The zero-order chi connectivity index (χ0) is 14.4. The van der Waals surface area contributed by atoms with Crippen molar-refractivity contribution < 1.29 is 19.1 Å². The number of amides is 1. The first-order valence-corrected chi connectivity index (χ1v) is 6.13. The first-order chi connectivity index (χ1) is 8.93. The zero-order valence-corrected chi connectivity index (χ0v) is 11.7. The summed E-state index contributed by atoms with van der Waals surface area (Å²) in [5, 5.41) is 2.35. The molecule has 5 heteroatoms. The van der Waals surface area contributed by atoms with Crippen LogP contribution < -0.4 is 10.1 Å². The molecule has 0 aromatic heterocycles. The number of hydrogen-bond acceptors (Lipinski definition) is 4. The first-order valence-electron chi connectivity index (χ1n) is 6.13. The third-order valence-electron chi connectivity index (χ3n) is 2.65. The smallest absolute Gasteiger partial charge is 0.413 e. The van der Waals surface area contributed by atoms with Gasteiger partial charge in [-0.2, -0.15) is 0 Å². The quantitative estimate of drug-likeness (QED) is 0.848. The molecule has 1 N–H and O–H groups in total. The van der Waals surface area contributed by atoms with Crippen LogP contribution in [-0.2, 0) is 9.53 Å². The highest BCUT2D eigenvalue weighted by molar-refractivity contribution is 5.79. The van der Waals surface area contributed by atoms with Gasteiger partial charge in [0.05, 0.1) is 6.61 Å². The summed E-state index contributed by atoms with van der Waals surface area (Å²) in [5.41, 5.74) is 2.96. The Morgan fingerprint density at radius 1 is 1.21 bits per heavy atom. The molecule has 0 atom stereocenters. The van der Waals surface area contributed by atoms with Gasteiger partial charge >= 0.3 is 12.1 Å². The first kappa shape index (κ1) is 15.0. The number of carbonyl (C=O) groups excluding carboxylic acids is 2. The molecular formula is C14H19NO4. The fourth-order valence-corrected chi connectivity index (χ4v) is 1.60. The van der Waals surface area contributed by atoms with Crippen molar-refractivity contribution in [2.45, 2.75) is 27.7 Å². The molecule has 1 aromatic carbocycles. The molecule has 0 saturated heterocycles. The number of aryl methyl sites for hydroxylation is 2. The van der Waals surface area contributed by atoms with Crippen LogP contribution in [0.2, 0.25) is 0 Å². The molecule has 0 fully saturated rings. The lowest BCUT2D eigenvalue weighted by Gasteiger charge is -2.11. The van der Waals surface area contributed by atoms with Gasteiger partial charge in [0.1, 0.15) is 12.3 Å². The molecule has 0 saturated carbocycles. The van der Waals surface area contributed by atoms with Crippen LogP contribution in [0.3, 0.4) is 0 Å². The fourth-order valence-electron chi connectivity index (χ4n) is 1.60. The van der Waals surface area contributed by atoms with Gasteiger partial charge in [-0.3, -0.25) is 4.79 Å². The summed E-state index contributed by atoms with van der Waals surface area (Å²) in [7, 11) is 0. The minimum atomic E-state index is -0.666. The molecular weight excluding hydrogens is 246 g/mol. The van der Waals surface area contributed by atoms with Gasteiger partial charge in [-0.15, -0.1) is 0 Å². The van der Waals surface area contributed by atoms with Gasteiger partial charge in [-0.05, 0) is 50.5 Å². The van der Waals surface area contributed by atoms with Crippen molar-refractivity contribution in [1.29, 1.82) is 0 Å². The highest BCUT2D eigenvalue weighted by Crippen LogP contribution is 2.23. The number of nitrogens with one attached hydrogen (secondary N) is 1. The standard InChI is InChI=1S/C14H19NO4/c1-5-18-13(16)8-15-14(17)19-12-7-9(2)6-10(3)11(12)4/h6-7H,5,8H2,1-4H3,(H,15,17). The van der Waals surface area contributed by atoms with Crippen LogP contribution in [0, 0.1) is 20.8 Å². The maximum absolute atomic E-state index is 11.6. The Labute approximate surface area is 112 Å². The van der Waals surface area contributed by atoms with E-state index < -0.39 is 12.1 Å². The van der Waals surface area contributed by atoms with Gasteiger partial charge in [0.2, 0.25) is 0 Å². The van der Waals surface area contributed by atoms with Crippen LogP contribution in [0.15, 0.2) is 12.1 Å². The predicted molar refractivity (Wildman–Crippen MR) is 71.3 cm³/mol. The number of ether oxygens (including phenoxy) is 2. The van der Waals surface area contributed by atoms with Crippen LogP contribution in [0.4, 0.5) is 4.79 Å². The van der Waals surface area contributed by atoms with Gasteiger partial charge in [-0.25, -0.2) is 4.79 Å². The molecule has 0 bridgehead atoms. The lowest BCUT2D eigenvalue weighted by atomic mass is 10.1. The summed E-state index contributed by atoms with van der Waals surface area (Å²) >= 11 is 0. The van der Waals surface area contributed by atoms with E-state index in [2.05, 4.69) is 5.32 Å². The number of rotatable bonds is 4. The minimum Gasteiger partial charge on any atom is -0.465 e. The molecule has 1 rings (SSSR count). The van der Waals surface area contributed by atoms with Crippen molar-refractivity contribution in [1.82, 2.24) is 5.32 Å². The van der Waals surface area contributed by atoms with Crippen molar-refractivity contribution in [3.63, 3.8) is 0 Å². The summed E-state index contributed by atoms with van der Waals surface area (Å²) in [4.78, 5) is 22.6. The third kappa shape index (κ3) is 4.62. The van der Waals surface area contributed by atoms with Gasteiger partial charge in [-0.1, -0.05) is 6.07 Å². The zero-order valence-electron chi connectivity index (χ0n) is 11.7. The van der Waals surface area contributed by atoms with E-state index in [9.17, 15) is 9.59 Å². The molecule has 5 nitrogen and oxygen atoms in total. The number of benzene rings is 1.